The zero-order valence-corrected chi connectivity index (χ0v) is 21.9. The summed E-state index contributed by atoms with van der Waals surface area (Å²) in [6.45, 7) is 1.31. The SMILES string of the molecule is C#Cc1c(F)ccc2cc(O)cc(-c3nc(OC)c4c(NC)nc(OC[C@@]56CCCN5C[C@H](F)C6)nc4c3F)c12. The maximum Gasteiger partial charge on any atom is 0.319 e. The molecule has 11 heteroatoms. The molecule has 40 heavy (non-hydrogen) atoms. The van der Waals surface area contributed by atoms with Gasteiger partial charge in [-0.05, 0) is 43.0 Å². The summed E-state index contributed by atoms with van der Waals surface area (Å²) < 4.78 is 56.8. The molecule has 8 nitrogen and oxygen atoms in total. The Morgan fingerprint density at radius 1 is 1.23 bits per heavy atom. The molecule has 4 heterocycles. The minimum absolute atomic E-state index is 0.00548. The molecule has 0 radical (unpaired) electrons. The third-order valence-corrected chi connectivity index (χ3v) is 7.84. The van der Waals surface area contributed by atoms with Crippen LogP contribution in [0.15, 0.2) is 24.3 Å². The molecule has 2 saturated heterocycles. The van der Waals surface area contributed by atoms with E-state index in [4.69, 9.17) is 15.9 Å². The second-order valence-electron chi connectivity index (χ2n) is 10.1. The average molecular weight is 550 g/mol. The van der Waals surface area contributed by atoms with E-state index in [2.05, 4.69) is 31.1 Å². The van der Waals surface area contributed by atoms with Crippen LogP contribution in [0.5, 0.6) is 17.6 Å². The van der Waals surface area contributed by atoms with Gasteiger partial charge in [0.05, 0.1) is 18.2 Å². The number of aromatic nitrogens is 3. The van der Waals surface area contributed by atoms with E-state index in [0.717, 1.165) is 19.4 Å². The van der Waals surface area contributed by atoms with Gasteiger partial charge in [0.2, 0.25) is 5.88 Å². The smallest absolute Gasteiger partial charge is 0.319 e. The lowest BCUT2D eigenvalue weighted by Gasteiger charge is -2.30. The number of terminal acetylenes is 1. The summed E-state index contributed by atoms with van der Waals surface area (Å²) in [6, 6.07) is 5.18. The molecule has 2 N–H and O–H groups in total. The Bertz CT molecular complexity index is 1710. The van der Waals surface area contributed by atoms with Crippen molar-refractivity contribution in [2.45, 2.75) is 31.0 Å². The molecule has 0 bridgehead atoms. The summed E-state index contributed by atoms with van der Waals surface area (Å²) in [5.74, 6) is 0.789. The molecule has 2 aromatic heterocycles. The predicted octanol–water partition coefficient (Wildman–Crippen LogP) is 4.82. The highest BCUT2D eigenvalue weighted by Gasteiger charge is 2.49. The summed E-state index contributed by atoms with van der Waals surface area (Å²) in [5.41, 5.74) is -0.906. The average Bonchev–Trinajstić information content (AvgIpc) is 3.47. The Labute approximate surface area is 228 Å². The number of benzene rings is 2. The number of aromatic hydroxyl groups is 1. The number of nitrogens with one attached hydrogen (secondary N) is 1. The van der Waals surface area contributed by atoms with Crippen molar-refractivity contribution in [3.05, 3.63) is 41.5 Å². The molecule has 2 aliphatic rings. The fourth-order valence-electron chi connectivity index (χ4n) is 6.09. The van der Waals surface area contributed by atoms with Gasteiger partial charge in [-0.15, -0.1) is 6.42 Å². The topological polar surface area (TPSA) is 92.6 Å². The molecule has 2 atom stereocenters. The van der Waals surface area contributed by atoms with E-state index >= 15 is 4.39 Å². The maximum atomic E-state index is 16.4. The molecule has 0 saturated carbocycles. The Morgan fingerprint density at radius 2 is 2.05 bits per heavy atom. The van der Waals surface area contributed by atoms with Crippen molar-refractivity contribution in [3.8, 4) is 41.2 Å². The molecule has 0 aliphatic carbocycles. The fourth-order valence-corrected chi connectivity index (χ4v) is 6.09. The number of methoxy groups -OCH3 is 1. The van der Waals surface area contributed by atoms with E-state index in [-0.39, 0.29) is 63.2 Å². The number of phenolic OH excluding ortho intramolecular Hbond substituents is 1. The van der Waals surface area contributed by atoms with Crippen molar-refractivity contribution in [1.82, 2.24) is 19.9 Å². The number of hydrogen-bond donors (Lipinski definition) is 2. The summed E-state index contributed by atoms with van der Waals surface area (Å²) in [5, 5.41) is 14.1. The Balaban J connectivity index is 1.53. The van der Waals surface area contributed by atoms with Crippen molar-refractivity contribution in [1.29, 1.82) is 0 Å². The molecule has 4 aromatic rings. The van der Waals surface area contributed by atoms with Crippen LogP contribution in [0.25, 0.3) is 32.9 Å². The van der Waals surface area contributed by atoms with E-state index < -0.39 is 23.3 Å². The van der Waals surface area contributed by atoms with E-state index in [1.165, 1.54) is 31.4 Å². The largest absolute Gasteiger partial charge is 0.508 e. The normalized spacial score (nSPS) is 20.6. The number of fused-ring (bicyclic) bond motifs is 3. The maximum absolute atomic E-state index is 16.4. The monoisotopic (exact) mass is 549 g/mol. The second kappa shape index (κ2) is 9.71. The third kappa shape index (κ3) is 4.02. The first-order chi connectivity index (χ1) is 19.3. The summed E-state index contributed by atoms with van der Waals surface area (Å²) in [7, 11) is 2.96. The quantitative estimate of drug-likeness (QED) is 0.331. The van der Waals surface area contributed by atoms with Gasteiger partial charge in [-0.25, -0.2) is 18.2 Å². The number of rotatable bonds is 6. The van der Waals surface area contributed by atoms with Crippen LogP contribution in [-0.4, -0.2) is 70.5 Å². The van der Waals surface area contributed by atoms with Crippen molar-refractivity contribution in [2.24, 2.45) is 0 Å². The van der Waals surface area contributed by atoms with E-state index in [9.17, 15) is 13.9 Å². The zero-order chi connectivity index (χ0) is 28.2. The van der Waals surface area contributed by atoms with Crippen LogP contribution in [-0.2, 0) is 0 Å². The Hall–Kier alpha value is -4.30. The van der Waals surface area contributed by atoms with Gasteiger partial charge in [-0.2, -0.15) is 9.97 Å². The van der Waals surface area contributed by atoms with Gasteiger partial charge in [0.15, 0.2) is 5.82 Å². The van der Waals surface area contributed by atoms with Crippen LogP contribution >= 0.6 is 0 Å². The summed E-state index contributed by atoms with van der Waals surface area (Å²) in [4.78, 5) is 15.3. The number of phenols is 1. The van der Waals surface area contributed by atoms with Crippen molar-refractivity contribution < 1.29 is 27.8 Å². The van der Waals surface area contributed by atoms with E-state index in [0.29, 0.717) is 18.4 Å². The molecule has 0 spiro atoms. The summed E-state index contributed by atoms with van der Waals surface area (Å²) in [6.07, 6.45) is 6.76. The minimum Gasteiger partial charge on any atom is -0.508 e. The number of nitrogens with zero attached hydrogens (tertiary/aromatic N) is 4. The first-order valence-corrected chi connectivity index (χ1v) is 12.9. The van der Waals surface area contributed by atoms with Gasteiger partial charge in [0.1, 0.15) is 46.8 Å². The van der Waals surface area contributed by atoms with Gasteiger partial charge in [-0.3, -0.25) is 4.90 Å². The van der Waals surface area contributed by atoms with Gasteiger partial charge < -0.3 is 19.9 Å². The van der Waals surface area contributed by atoms with Crippen LogP contribution in [0.1, 0.15) is 24.8 Å². The van der Waals surface area contributed by atoms with Crippen LogP contribution < -0.4 is 14.8 Å². The highest BCUT2D eigenvalue weighted by molar-refractivity contribution is 6.04. The molecule has 0 unspecified atom stereocenters. The van der Waals surface area contributed by atoms with Crippen molar-refractivity contribution >= 4 is 27.5 Å². The molecule has 2 aliphatic heterocycles. The predicted molar refractivity (Wildman–Crippen MR) is 144 cm³/mol. The van der Waals surface area contributed by atoms with Gasteiger partial charge in [0, 0.05) is 31.0 Å². The first-order valence-electron chi connectivity index (χ1n) is 12.9. The van der Waals surface area contributed by atoms with Crippen LogP contribution in [0.3, 0.4) is 0 Å². The molecule has 2 fully saturated rings. The molecule has 0 amide bonds. The van der Waals surface area contributed by atoms with Crippen molar-refractivity contribution in [2.75, 3.05) is 39.2 Å². The number of anilines is 1. The van der Waals surface area contributed by atoms with Gasteiger partial charge in [0.25, 0.3) is 0 Å². The van der Waals surface area contributed by atoms with Gasteiger partial charge in [-0.1, -0.05) is 12.0 Å². The number of alkyl halides is 1. The zero-order valence-electron chi connectivity index (χ0n) is 21.9. The van der Waals surface area contributed by atoms with E-state index in [1.807, 2.05) is 0 Å². The lowest BCUT2D eigenvalue weighted by molar-refractivity contribution is 0.107. The lowest BCUT2D eigenvalue weighted by atomic mass is 9.95. The van der Waals surface area contributed by atoms with Crippen LogP contribution in [0.4, 0.5) is 19.0 Å². The number of pyridine rings is 1. The Kier molecular flexibility index (Phi) is 6.30. The van der Waals surface area contributed by atoms with Gasteiger partial charge >= 0.3 is 6.01 Å². The number of ether oxygens (including phenoxy) is 2. The van der Waals surface area contributed by atoms with E-state index in [1.54, 1.807) is 7.05 Å². The molecule has 2 aromatic carbocycles. The fraction of sp³-hybridized carbons (Fsp3) is 0.345. The second-order valence-corrected chi connectivity index (χ2v) is 10.1. The minimum atomic E-state index is -0.931. The standard InChI is InChI=1S/C29H26F3N5O3/c1-4-18-20(31)7-6-15-10-17(38)11-19(21(15)18)24-23(32)25-22(27(34-24)39-3)26(33-2)36-28(35-25)40-14-29-8-5-9-37(29)13-16(30)12-29/h1,6-7,10-11,16,38H,5,8-9,12-14H2,2-3H3,(H,33,35,36)/t16-,29+/m1/s1. The number of halogens is 3. The molecule has 206 valence electrons. The summed E-state index contributed by atoms with van der Waals surface area (Å²) >= 11 is 0. The highest BCUT2D eigenvalue weighted by Crippen LogP contribution is 2.42. The van der Waals surface area contributed by atoms with Crippen molar-refractivity contribution in [3.63, 3.8) is 0 Å². The number of hydrogen-bond acceptors (Lipinski definition) is 8. The molecular weight excluding hydrogens is 523 g/mol. The Morgan fingerprint density at radius 3 is 2.80 bits per heavy atom. The highest BCUT2D eigenvalue weighted by atomic mass is 19.1. The molecule has 6 rings (SSSR count). The lowest BCUT2D eigenvalue weighted by Crippen LogP contribution is -2.43. The molecular formula is C29H26F3N5O3. The van der Waals surface area contributed by atoms with Crippen LogP contribution in [0.2, 0.25) is 0 Å². The van der Waals surface area contributed by atoms with Crippen LogP contribution in [0, 0.1) is 24.0 Å². The third-order valence-electron chi connectivity index (χ3n) is 7.84. The first kappa shape index (κ1) is 26.0.